The van der Waals surface area contributed by atoms with Gasteiger partial charge in [-0.3, -0.25) is 4.79 Å². The number of ether oxygens (including phenoxy) is 2. The van der Waals surface area contributed by atoms with E-state index in [1.165, 1.54) is 0 Å². The number of rotatable bonds is 6. The van der Waals surface area contributed by atoms with E-state index in [4.69, 9.17) is 15.2 Å². The number of carbonyl (C=O) groups is 1. The van der Waals surface area contributed by atoms with E-state index in [1.807, 2.05) is 30.3 Å². The maximum absolute atomic E-state index is 13.2. The van der Waals surface area contributed by atoms with Crippen LogP contribution in [0.5, 0.6) is 11.5 Å². The molecule has 0 radical (unpaired) electrons. The van der Waals surface area contributed by atoms with Gasteiger partial charge in [0.2, 0.25) is 0 Å². The van der Waals surface area contributed by atoms with Crippen LogP contribution in [0.4, 0.5) is 0 Å². The van der Waals surface area contributed by atoms with Gasteiger partial charge in [-0.05, 0) is 25.1 Å². The van der Waals surface area contributed by atoms with Gasteiger partial charge < -0.3 is 24.7 Å². The molecule has 4 rings (SSSR count). The zero-order valence-corrected chi connectivity index (χ0v) is 17.1. The fourth-order valence-corrected chi connectivity index (χ4v) is 3.74. The fraction of sp³-hybridized carbons (Fsp3) is 0.318. The quantitative estimate of drug-likeness (QED) is 0.675. The molecule has 0 spiro atoms. The topological polar surface area (TPSA) is 95.5 Å². The summed E-state index contributed by atoms with van der Waals surface area (Å²) in [6, 6.07) is 15.2. The monoisotopic (exact) mass is 407 g/mol. The number of hydrogen-bond acceptors (Lipinski definition) is 6. The molecule has 0 saturated heterocycles. The summed E-state index contributed by atoms with van der Waals surface area (Å²) >= 11 is 0. The number of fused-ring (bicyclic) bond motifs is 1. The molecule has 30 heavy (non-hydrogen) atoms. The molecule has 0 unspecified atom stereocenters. The highest BCUT2D eigenvalue weighted by Gasteiger charge is 2.30. The summed E-state index contributed by atoms with van der Waals surface area (Å²) in [7, 11) is 1.57. The lowest BCUT2D eigenvalue weighted by Crippen LogP contribution is -2.40. The Kier molecular flexibility index (Phi) is 5.67. The Morgan fingerprint density at radius 2 is 1.97 bits per heavy atom. The molecule has 0 bridgehead atoms. The van der Waals surface area contributed by atoms with Crippen molar-refractivity contribution in [3.05, 3.63) is 59.9 Å². The van der Waals surface area contributed by atoms with Crippen LogP contribution in [-0.2, 0) is 6.54 Å². The summed E-state index contributed by atoms with van der Waals surface area (Å²) in [5.74, 6) is 2.59. The van der Waals surface area contributed by atoms with Crippen molar-refractivity contribution in [2.45, 2.75) is 19.5 Å². The van der Waals surface area contributed by atoms with Gasteiger partial charge in [0.25, 0.3) is 5.91 Å². The molecule has 1 aliphatic heterocycles. The Morgan fingerprint density at radius 1 is 1.17 bits per heavy atom. The minimum Gasteiger partial charge on any atom is -0.493 e. The van der Waals surface area contributed by atoms with Gasteiger partial charge in [-0.15, -0.1) is 10.2 Å². The predicted octanol–water partition coefficient (Wildman–Crippen LogP) is 2.51. The molecule has 1 aromatic heterocycles. The maximum Gasteiger partial charge on any atom is 0.254 e. The van der Waals surface area contributed by atoms with Gasteiger partial charge >= 0.3 is 0 Å². The van der Waals surface area contributed by atoms with Crippen molar-refractivity contribution >= 4 is 5.91 Å². The van der Waals surface area contributed by atoms with Crippen LogP contribution in [0.1, 0.15) is 29.1 Å². The predicted molar refractivity (Wildman–Crippen MR) is 112 cm³/mol. The third-order valence-corrected chi connectivity index (χ3v) is 5.13. The normalized spacial score (nSPS) is 15.6. The Labute approximate surface area is 175 Å². The fourth-order valence-electron chi connectivity index (χ4n) is 3.74. The van der Waals surface area contributed by atoms with E-state index in [-0.39, 0.29) is 11.9 Å². The van der Waals surface area contributed by atoms with E-state index >= 15 is 0 Å². The first-order chi connectivity index (χ1) is 14.6. The average Bonchev–Trinajstić information content (AvgIpc) is 3.22. The minimum absolute atomic E-state index is 0.0501. The summed E-state index contributed by atoms with van der Waals surface area (Å²) in [4.78, 5) is 15.0. The van der Waals surface area contributed by atoms with E-state index in [0.29, 0.717) is 43.3 Å². The molecule has 1 atom stereocenters. The second-order valence-electron chi connectivity index (χ2n) is 7.21. The lowest BCUT2D eigenvalue weighted by atomic mass is 10.1. The van der Waals surface area contributed by atoms with Crippen LogP contribution < -0.4 is 15.2 Å². The van der Waals surface area contributed by atoms with Crippen LogP contribution in [0.25, 0.3) is 11.4 Å². The van der Waals surface area contributed by atoms with Crippen molar-refractivity contribution < 1.29 is 14.3 Å². The van der Waals surface area contributed by atoms with Crippen LogP contribution in [0.15, 0.2) is 48.5 Å². The zero-order valence-electron chi connectivity index (χ0n) is 17.1. The molecule has 0 aliphatic carbocycles. The van der Waals surface area contributed by atoms with Gasteiger partial charge in [0.05, 0.1) is 19.7 Å². The van der Waals surface area contributed by atoms with Crippen LogP contribution >= 0.6 is 0 Å². The Balaban J connectivity index is 1.58. The highest BCUT2D eigenvalue weighted by Crippen LogP contribution is 2.31. The van der Waals surface area contributed by atoms with Gasteiger partial charge in [-0.25, -0.2) is 0 Å². The third kappa shape index (κ3) is 3.73. The first-order valence-corrected chi connectivity index (χ1v) is 9.91. The van der Waals surface area contributed by atoms with Crippen LogP contribution in [0.3, 0.4) is 0 Å². The van der Waals surface area contributed by atoms with Crippen molar-refractivity contribution in [2.75, 3.05) is 26.8 Å². The molecule has 2 aromatic carbocycles. The Hall–Kier alpha value is -3.39. The SMILES string of the molecule is COc1ccc(C(=O)N2Cc3nnc(-c4ccccc4)n3[C@@H](C)C2)cc1OCCN. The van der Waals surface area contributed by atoms with Gasteiger partial charge in [0.15, 0.2) is 23.1 Å². The first-order valence-electron chi connectivity index (χ1n) is 9.91. The highest BCUT2D eigenvalue weighted by molar-refractivity contribution is 5.95. The first kappa shape index (κ1) is 19.9. The summed E-state index contributed by atoms with van der Waals surface area (Å²) in [5.41, 5.74) is 7.08. The van der Waals surface area contributed by atoms with Crippen molar-refractivity contribution in [1.82, 2.24) is 19.7 Å². The lowest BCUT2D eigenvalue weighted by molar-refractivity contribution is 0.0681. The molecule has 2 N–H and O–H groups in total. The second kappa shape index (κ2) is 8.54. The van der Waals surface area contributed by atoms with Gasteiger partial charge in [-0.1, -0.05) is 30.3 Å². The standard InChI is InChI=1S/C22H25N5O3/c1-15-13-26(14-20-24-25-21(27(15)20)16-6-4-3-5-7-16)22(28)17-8-9-18(29-2)19(12-17)30-11-10-23/h3-9,12,15H,10-11,13-14,23H2,1-2H3/t15-/m0/s1. The smallest absolute Gasteiger partial charge is 0.254 e. The van der Waals surface area contributed by atoms with Crippen molar-refractivity contribution in [3.63, 3.8) is 0 Å². The molecule has 1 amide bonds. The Morgan fingerprint density at radius 3 is 2.70 bits per heavy atom. The number of hydrogen-bond donors (Lipinski definition) is 1. The van der Waals surface area contributed by atoms with Crippen molar-refractivity contribution in [3.8, 4) is 22.9 Å². The maximum atomic E-state index is 13.2. The average molecular weight is 407 g/mol. The van der Waals surface area contributed by atoms with E-state index in [9.17, 15) is 4.79 Å². The van der Waals surface area contributed by atoms with Crippen molar-refractivity contribution in [2.24, 2.45) is 5.73 Å². The molecular formula is C22H25N5O3. The van der Waals surface area contributed by atoms with Crippen LogP contribution in [0, 0.1) is 0 Å². The van der Waals surface area contributed by atoms with Gasteiger partial charge in [0, 0.05) is 24.2 Å². The number of amides is 1. The van der Waals surface area contributed by atoms with E-state index in [0.717, 1.165) is 17.2 Å². The van der Waals surface area contributed by atoms with E-state index in [2.05, 4.69) is 21.7 Å². The number of benzene rings is 2. The number of nitrogens with zero attached hydrogens (tertiary/aromatic N) is 4. The molecule has 0 fully saturated rings. The largest absolute Gasteiger partial charge is 0.493 e. The second-order valence-corrected chi connectivity index (χ2v) is 7.21. The zero-order chi connectivity index (χ0) is 21.1. The summed E-state index contributed by atoms with van der Waals surface area (Å²) in [6.45, 7) is 3.76. The Bertz CT molecular complexity index is 1030. The molecule has 3 aromatic rings. The summed E-state index contributed by atoms with van der Waals surface area (Å²) in [5, 5.41) is 8.74. The van der Waals surface area contributed by atoms with Crippen LogP contribution in [-0.4, -0.2) is 52.4 Å². The van der Waals surface area contributed by atoms with Gasteiger partial charge in [0.1, 0.15) is 6.61 Å². The highest BCUT2D eigenvalue weighted by atomic mass is 16.5. The molecule has 1 aliphatic rings. The van der Waals surface area contributed by atoms with Crippen molar-refractivity contribution in [1.29, 1.82) is 0 Å². The number of aromatic nitrogens is 3. The van der Waals surface area contributed by atoms with E-state index < -0.39 is 0 Å². The summed E-state index contributed by atoms with van der Waals surface area (Å²) < 4.78 is 13.1. The van der Waals surface area contributed by atoms with Gasteiger partial charge in [-0.2, -0.15) is 0 Å². The van der Waals surface area contributed by atoms with Crippen LogP contribution in [0.2, 0.25) is 0 Å². The molecule has 8 heteroatoms. The number of methoxy groups -OCH3 is 1. The lowest BCUT2D eigenvalue weighted by Gasteiger charge is -2.32. The molecule has 0 saturated carbocycles. The number of nitrogens with two attached hydrogens (primary N) is 1. The molecule has 156 valence electrons. The molecule has 2 heterocycles. The minimum atomic E-state index is -0.0855. The summed E-state index contributed by atoms with van der Waals surface area (Å²) in [6.07, 6.45) is 0. The molecule has 8 nitrogen and oxygen atoms in total. The third-order valence-electron chi connectivity index (χ3n) is 5.13. The number of carbonyl (C=O) groups excluding carboxylic acids is 1. The molecular weight excluding hydrogens is 382 g/mol. The van der Waals surface area contributed by atoms with E-state index in [1.54, 1.807) is 30.2 Å².